The maximum absolute atomic E-state index is 11.9. The third-order valence-corrected chi connectivity index (χ3v) is 3.58. The van der Waals surface area contributed by atoms with E-state index in [1.165, 1.54) is 0 Å². The molecule has 2 amide bonds. The van der Waals surface area contributed by atoms with Crippen molar-refractivity contribution in [3.05, 3.63) is 0 Å². The summed E-state index contributed by atoms with van der Waals surface area (Å²) in [7, 11) is 0. The molecule has 2 atom stereocenters. The molecule has 2 heterocycles. The van der Waals surface area contributed by atoms with Crippen LogP contribution in [0.15, 0.2) is 0 Å². The van der Waals surface area contributed by atoms with E-state index in [9.17, 15) is 9.59 Å². The van der Waals surface area contributed by atoms with Gasteiger partial charge in [-0.3, -0.25) is 9.59 Å². The lowest BCUT2D eigenvalue weighted by molar-refractivity contribution is -0.141. The summed E-state index contributed by atoms with van der Waals surface area (Å²) in [5, 5.41) is 0. The minimum Gasteiger partial charge on any atom is -0.339 e. The second kappa shape index (κ2) is 4.41. The van der Waals surface area contributed by atoms with Crippen LogP contribution in [0.2, 0.25) is 0 Å². The number of fused-ring (bicyclic) bond motifs is 1. The minimum absolute atomic E-state index is 0.108. The number of hydrogen-bond donors (Lipinski definition) is 1. The van der Waals surface area contributed by atoms with E-state index in [2.05, 4.69) is 0 Å². The number of rotatable bonds is 2. The Kier molecular flexibility index (Phi) is 3.14. The molecule has 2 N–H and O–H groups in total. The summed E-state index contributed by atoms with van der Waals surface area (Å²) in [6, 6.07) is 0.246. The lowest BCUT2D eigenvalue weighted by atomic mass is 10.1. The first kappa shape index (κ1) is 11.4. The van der Waals surface area contributed by atoms with Crippen LogP contribution in [0.1, 0.15) is 19.8 Å². The van der Waals surface area contributed by atoms with Crippen LogP contribution in [-0.2, 0) is 9.59 Å². The van der Waals surface area contributed by atoms with E-state index in [0.717, 1.165) is 6.42 Å². The van der Waals surface area contributed by atoms with E-state index < -0.39 is 0 Å². The molecule has 0 saturated carbocycles. The van der Waals surface area contributed by atoms with Crippen molar-refractivity contribution in [1.82, 2.24) is 9.80 Å². The van der Waals surface area contributed by atoms with Crippen LogP contribution in [0.5, 0.6) is 0 Å². The summed E-state index contributed by atoms with van der Waals surface area (Å²) in [5.41, 5.74) is 5.50. The van der Waals surface area contributed by atoms with Gasteiger partial charge in [-0.1, -0.05) is 6.92 Å². The Morgan fingerprint density at radius 3 is 3.00 bits per heavy atom. The van der Waals surface area contributed by atoms with Crippen molar-refractivity contribution in [3.63, 3.8) is 0 Å². The van der Waals surface area contributed by atoms with Gasteiger partial charge in [0, 0.05) is 44.6 Å². The van der Waals surface area contributed by atoms with Gasteiger partial charge in [-0.2, -0.15) is 0 Å². The van der Waals surface area contributed by atoms with Gasteiger partial charge < -0.3 is 15.5 Å². The number of piperazine rings is 1. The van der Waals surface area contributed by atoms with Crippen LogP contribution in [0, 0.1) is 5.92 Å². The predicted octanol–water partition coefficient (Wildman–Crippen LogP) is -0.586. The van der Waals surface area contributed by atoms with Crippen LogP contribution < -0.4 is 5.73 Å². The zero-order valence-electron chi connectivity index (χ0n) is 9.69. The standard InChI is InChI=1S/C11H19N3O2/c1-8(6-12)11(16)13-4-5-14-9(7-13)2-3-10(14)15/h8-9H,2-7,12H2,1H3. The van der Waals surface area contributed by atoms with Crippen LogP contribution in [0.3, 0.4) is 0 Å². The molecule has 2 aliphatic rings. The Morgan fingerprint density at radius 1 is 1.56 bits per heavy atom. The van der Waals surface area contributed by atoms with Gasteiger partial charge in [0.1, 0.15) is 0 Å². The highest BCUT2D eigenvalue weighted by atomic mass is 16.2. The molecule has 0 spiro atoms. The molecule has 0 bridgehead atoms. The molecule has 2 unspecified atom stereocenters. The number of carbonyl (C=O) groups is 2. The van der Waals surface area contributed by atoms with Crippen molar-refractivity contribution in [3.8, 4) is 0 Å². The molecule has 2 saturated heterocycles. The Hall–Kier alpha value is -1.10. The molecule has 0 aliphatic carbocycles. The monoisotopic (exact) mass is 225 g/mol. The quantitative estimate of drug-likeness (QED) is 0.683. The largest absolute Gasteiger partial charge is 0.339 e. The fourth-order valence-corrected chi connectivity index (χ4v) is 2.48. The maximum Gasteiger partial charge on any atom is 0.226 e. The van der Waals surface area contributed by atoms with Gasteiger partial charge in [-0.05, 0) is 6.42 Å². The van der Waals surface area contributed by atoms with Crippen molar-refractivity contribution < 1.29 is 9.59 Å². The van der Waals surface area contributed by atoms with Crippen LogP contribution >= 0.6 is 0 Å². The third-order valence-electron chi connectivity index (χ3n) is 3.58. The topological polar surface area (TPSA) is 66.6 Å². The Labute approximate surface area is 95.6 Å². The molecule has 2 rings (SSSR count). The summed E-state index contributed by atoms with van der Waals surface area (Å²) in [6.07, 6.45) is 1.53. The summed E-state index contributed by atoms with van der Waals surface area (Å²) in [5.74, 6) is 0.258. The maximum atomic E-state index is 11.9. The van der Waals surface area contributed by atoms with E-state index in [1.807, 2.05) is 16.7 Å². The molecular weight excluding hydrogens is 206 g/mol. The molecule has 0 aromatic rings. The zero-order chi connectivity index (χ0) is 11.7. The first-order valence-corrected chi connectivity index (χ1v) is 5.91. The number of amides is 2. The van der Waals surface area contributed by atoms with E-state index in [4.69, 9.17) is 5.73 Å². The van der Waals surface area contributed by atoms with Gasteiger partial charge in [0.2, 0.25) is 11.8 Å². The van der Waals surface area contributed by atoms with Gasteiger partial charge >= 0.3 is 0 Å². The highest BCUT2D eigenvalue weighted by Gasteiger charge is 2.37. The number of nitrogens with zero attached hydrogens (tertiary/aromatic N) is 2. The second-order valence-electron chi connectivity index (χ2n) is 4.70. The van der Waals surface area contributed by atoms with Gasteiger partial charge in [0.25, 0.3) is 0 Å². The minimum atomic E-state index is -0.108. The average molecular weight is 225 g/mol. The van der Waals surface area contributed by atoms with Crippen LogP contribution in [0.4, 0.5) is 0 Å². The molecule has 16 heavy (non-hydrogen) atoms. The third kappa shape index (κ3) is 1.91. The van der Waals surface area contributed by atoms with Crippen molar-refractivity contribution in [2.45, 2.75) is 25.8 Å². The van der Waals surface area contributed by atoms with Crippen molar-refractivity contribution >= 4 is 11.8 Å². The molecule has 0 aromatic carbocycles. The summed E-state index contributed by atoms with van der Waals surface area (Å²) in [6.45, 7) is 4.28. The van der Waals surface area contributed by atoms with Gasteiger partial charge in [-0.15, -0.1) is 0 Å². The molecule has 90 valence electrons. The predicted molar refractivity (Wildman–Crippen MR) is 59.5 cm³/mol. The van der Waals surface area contributed by atoms with Gasteiger partial charge in [0.05, 0.1) is 0 Å². The Balaban J connectivity index is 1.96. The Morgan fingerprint density at radius 2 is 2.31 bits per heavy atom. The molecule has 2 fully saturated rings. The van der Waals surface area contributed by atoms with E-state index >= 15 is 0 Å². The van der Waals surface area contributed by atoms with Crippen LogP contribution in [-0.4, -0.2) is 53.8 Å². The summed E-state index contributed by atoms with van der Waals surface area (Å²) in [4.78, 5) is 27.2. The highest BCUT2D eigenvalue weighted by molar-refractivity contribution is 5.81. The smallest absolute Gasteiger partial charge is 0.226 e. The summed E-state index contributed by atoms with van der Waals surface area (Å²) < 4.78 is 0. The number of hydrogen-bond acceptors (Lipinski definition) is 3. The van der Waals surface area contributed by atoms with E-state index in [1.54, 1.807) is 0 Å². The normalized spacial score (nSPS) is 26.9. The molecule has 0 aromatic heterocycles. The average Bonchev–Trinajstić information content (AvgIpc) is 2.68. The lowest BCUT2D eigenvalue weighted by Crippen LogP contribution is -2.54. The molecule has 5 heteroatoms. The second-order valence-corrected chi connectivity index (χ2v) is 4.70. The number of carbonyl (C=O) groups excluding carboxylic acids is 2. The molecule has 2 aliphatic heterocycles. The fourth-order valence-electron chi connectivity index (χ4n) is 2.48. The van der Waals surface area contributed by atoms with Crippen LogP contribution in [0.25, 0.3) is 0 Å². The van der Waals surface area contributed by atoms with Crippen molar-refractivity contribution in [1.29, 1.82) is 0 Å². The van der Waals surface area contributed by atoms with Gasteiger partial charge in [0.15, 0.2) is 0 Å². The SMILES string of the molecule is CC(CN)C(=O)N1CCN2C(=O)CCC2C1. The van der Waals surface area contributed by atoms with E-state index in [-0.39, 0.29) is 23.8 Å². The van der Waals surface area contributed by atoms with Crippen molar-refractivity contribution in [2.75, 3.05) is 26.2 Å². The fraction of sp³-hybridized carbons (Fsp3) is 0.818. The first-order valence-electron chi connectivity index (χ1n) is 5.91. The lowest BCUT2D eigenvalue weighted by Gasteiger charge is -2.38. The van der Waals surface area contributed by atoms with Crippen molar-refractivity contribution in [2.24, 2.45) is 11.7 Å². The number of nitrogens with two attached hydrogens (primary N) is 1. The highest BCUT2D eigenvalue weighted by Crippen LogP contribution is 2.23. The molecule has 0 radical (unpaired) electrons. The summed E-state index contributed by atoms with van der Waals surface area (Å²) >= 11 is 0. The zero-order valence-corrected chi connectivity index (χ0v) is 9.69. The van der Waals surface area contributed by atoms with Gasteiger partial charge in [-0.25, -0.2) is 0 Å². The van der Waals surface area contributed by atoms with E-state index in [0.29, 0.717) is 32.6 Å². The molecule has 5 nitrogen and oxygen atoms in total. The first-order chi connectivity index (χ1) is 7.63. The Bertz CT molecular complexity index is 306. The molecular formula is C11H19N3O2.